The molecule has 1 N–H and O–H groups in total. The maximum absolute atomic E-state index is 13.5. The van der Waals surface area contributed by atoms with Crippen molar-refractivity contribution in [2.75, 3.05) is 13.7 Å². The molecule has 4 aliphatic rings. The van der Waals surface area contributed by atoms with Crippen LogP contribution in [0.4, 0.5) is 0 Å². The first kappa shape index (κ1) is 37.1. The second kappa shape index (κ2) is 13.7. The maximum Gasteiger partial charge on any atom is 0.335 e. The zero-order chi connectivity index (χ0) is 36.2. The minimum absolute atomic E-state index is 0.00834. The first-order chi connectivity index (χ1) is 23.6. The summed E-state index contributed by atoms with van der Waals surface area (Å²) in [6, 6.07) is 16.8. The van der Waals surface area contributed by atoms with Crippen molar-refractivity contribution in [1.29, 1.82) is 0 Å². The smallest absolute Gasteiger partial charge is 0.335 e. The number of hydroxylamine groups is 2. The second-order valence-corrected chi connectivity index (χ2v) is 24.3. The van der Waals surface area contributed by atoms with Crippen molar-refractivity contribution >= 4 is 29.0 Å². The fourth-order valence-electron chi connectivity index (χ4n) is 8.28. The summed E-state index contributed by atoms with van der Waals surface area (Å²) < 4.78 is 39.7. The third-order valence-corrected chi connectivity index (χ3v) is 21.3. The number of benzene rings is 2. The standard InChI is InChI=1S/C37H53NO10Si2/c1-23(2)49(24(3)4)46-33-35(47-50(48-49,25(5)6)26(7)8)37(41,22-43-31(40)19-27-15-17-29(42-9)18-16-27)34-32(45-34)36(33)20-30(39)38(36)44-21-28-13-11-10-12-14-28/h10-18,23-26,32-35,41H,19-22H2,1-9H3/t32-,33-,34+,35+,36-,37+/m1/s1. The van der Waals surface area contributed by atoms with Crippen LogP contribution in [0.2, 0.25) is 22.2 Å². The van der Waals surface area contributed by atoms with Gasteiger partial charge in [-0.15, -0.1) is 0 Å². The molecule has 0 radical (unpaired) electrons. The van der Waals surface area contributed by atoms with Crippen molar-refractivity contribution in [3.63, 3.8) is 0 Å². The number of carbonyl (C=O) groups excluding carboxylic acids is 2. The van der Waals surface area contributed by atoms with Crippen LogP contribution < -0.4 is 4.74 Å². The molecule has 274 valence electrons. The number of hydrogen-bond acceptors (Lipinski definition) is 10. The van der Waals surface area contributed by atoms with Gasteiger partial charge in [0, 0.05) is 0 Å². The zero-order valence-electron chi connectivity index (χ0n) is 30.7. The third-order valence-electron chi connectivity index (χ3n) is 11.1. The van der Waals surface area contributed by atoms with Crippen molar-refractivity contribution < 1.29 is 46.7 Å². The summed E-state index contributed by atoms with van der Waals surface area (Å²) in [4.78, 5) is 33.1. The SMILES string of the molecule is COc1ccc(CC(=O)OC[C@]2(O)[C@H]3O[C@H]3[C@]3(CC(=O)N3OCc3ccccc3)[C@@H]3O[Si](C(C)C)(C(C)C)O[Si](C(C)C)(C(C)C)O[C@@H]32)cc1. The van der Waals surface area contributed by atoms with Gasteiger partial charge in [-0.2, -0.15) is 0 Å². The van der Waals surface area contributed by atoms with Crippen molar-refractivity contribution in [3.8, 4) is 5.75 Å². The number of amides is 1. The van der Waals surface area contributed by atoms with Crippen molar-refractivity contribution in [2.45, 2.75) is 133 Å². The summed E-state index contributed by atoms with van der Waals surface area (Å²) >= 11 is 0. The summed E-state index contributed by atoms with van der Waals surface area (Å²) in [5.41, 5.74) is -1.22. The Bertz CT molecular complexity index is 1520. The molecule has 0 unspecified atom stereocenters. The Hall–Kier alpha value is -2.63. The van der Waals surface area contributed by atoms with E-state index in [-0.39, 0.29) is 54.1 Å². The Morgan fingerprint density at radius 1 is 0.840 bits per heavy atom. The van der Waals surface area contributed by atoms with E-state index in [0.717, 1.165) is 11.1 Å². The van der Waals surface area contributed by atoms with E-state index in [1.807, 2.05) is 30.3 Å². The molecule has 2 aromatic carbocycles. The highest BCUT2D eigenvalue weighted by Gasteiger charge is 2.83. The number of epoxide rings is 1. The molecule has 1 spiro atoms. The molecule has 2 aromatic rings. The van der Waals surface area contributed by atoms with Crippen LogP contribution in [0, 0.1) is 0 Å². The monoisotopic (exact) mass is 727 g/mol. The molecule has 11 nitrogen and oxygen atoms in total. The van der Waals surface area contributed by atoms with Gasteiger partial charge in [0.25, 0.3) is 0 Å². The summed E-state index contributed by atoms with van der Waals surface area (Å²) in [6.07, 6.45) is -3.25. The molecule has 6 rings (SSSR count). The van der Waals surface area contributed by atoms with E-state index in [4.69, 9.17) is 32.0 Å². The number of ether oxygens (including phenoxy) is 3. The van der Waals surface area contributed by atoms with E-state index in [1.165, 1.54) is 5.06 Å². The topological polar surface area (TPSA) is 126 Å². The van der Waals surface area contributed by atoms with Crippen LogP contribution in [0.25, 0.3) is 0 Å². The second-order valence-electron chi connectivity index (χ2n) is 15.5. The fourth-order valence-corrected chi connectivity index (χ4v) is 19.6. The Labute approximate surface area is 297 Å². The van der Waals surface area contributed by atoms with Crippen LogP contribution in [0.1, 0.15) is 72.9 Å². The van der Waals surface area contributed by atoms with Crippen LogP contribution in [-0.2, 0) is 49.9 Å². The van der Waals surface area contributed by atoms with E-state index >= 15 is 0 Å². The first-order valence-electron chi connectivity index (χ1n) is 17.9. The number of nitrogens with zero attached hydrogens (tertiary/aromatic N) is 1. The molecule has 4 fully saturated rings. The maximum atomic E-state index is 13.5. The highest BCUT2D eigenvalue weighted by atomic mass is 28.5. The number of hydrogen-bond donors (Lipinski definition) is 1. The molecule has 0 bridgehead atoms. The number of carbonyl (C=O) groups is 2. The molecular formula is C37H53NO10Si2. The zero-order valence-corrected chi connectivity index (χ0v) is 32.7. The molecule has 0 aromatic heterocycles. The predicted molar refractivity (Wildman–Crippen MR) is 189 cm³/mol. The van der Waals surface area contributed by atoms with Gasteiger partial charge < -0.3 is 32.3 Å². The van der Waals surface area contributed by atoms with Gasteiger partial charge in [0.2, 0.25) is 5.91 Å². The van der Waals surface area contributed by atoms with Gasteiger partial charge in [-0.1, -0.05) is 97.9 Å². The number of β-lactam (4-membered cyclic amide) rings is 1. The third kappa shape index (κ3) is 6.06. The number of methoxy groups -OCH3 is 1. The van der Waals surface area contributed by atoms with Gasteiger partial charge in [-0.05, 0) is 45.4 Å². The van der Waals surface area contributed by atoms with Gasteiger partial charge in [0.15, 0.2) is 5.60 Å². The quantitative estimate of drug-likeness (QED) is 0.126. The summed E-state index contributed by atoms with van der Waals surface area (Å²) in [5, 5.41) is 14.3. The van der Waals surface area contributed by atoms with E-state index in [9.17, 15) is 14.7 Å². The molecule has 3 saturated heterocycles. The lowest BCUT2D eigenvalue weighted by Gasteiger charge is -2.59. The molecule has 13 heteroatoms. The number of esters is 1. The highest BCUT2D eigenvalue weighted by Crippen LogP contribution is 2.62. The van der Waals surface area contributed by atoms with Crippen LogP contribution in [0.5, 0.6) is 5.75 Å². The summed E-state index contributed by atoms with van der Waals surface area (Å²) in [6.45, 7) is 16.7. The first-order valence-corrected chi connectivity index (χ1v) is 21.8. The van der Waals surface area contributed by atoms with Crippen LogP contribution in [-0.4, -0.2) is 88.4 Å². The average Bonchev–Trinajstić information content (AvgIpc) is 3.90. The van der Waals surface area contributed by atoms with Gasteiger partial charge in [0.05, 0.1) is 20.0 Å². The lowest BCUT2D eigenvalue weighted by atomic mass is 9.65. The molecule has 1 aliphatic carbocycles. The normalized spacial score (nSPS) is 31.0. The Morgan fingerprint density at radius 3 is 1.96 bits per heavy atom. The Balaban J connectivity index is 1.40. The molecule has 3 aliphatic heterocycles. The van der Waals surface area contributed by atoms with E-state index < -0.39 is 58.6 Å². The van der Waals surface area contributed by atoms with Gasteiger partial charge in [-0.25, -0.2) is 5.06 Å². The number of fused-ring (bicyclic) bond motifs is 4. The van der Waals surface area contributed by atoms with Crippen molar-refractivity contribution in [1.82, 2.24) is 5.06 Å². The van der Waals surface area contributed by atoms with Gasteiger partial charge in [0.1, 0.15) is 48.9 Å². The Morgan fingerprint density at radius 2 is 1.42 bits per heavy atom. The number of aliphatic hydroxyl groups is 1. The largest absolute Gasteiger partial charge is 0.497 e. The lowest BCUT2D eigenvalue weighted by molar-refractivity contribution is -0.303. The number of rotatable bonds is 12. The molecule has 1 amide bonds. The predicted octanol–water partition coefficient (Wildman–Crippen LogP) is 5.72. The molecular weight excluding hydrogens is 675 g/mol. The minimum Gasteiger partial charge on any atom is -0.497 e. The van der Waals surface area contributed by atoms with E-state index in [2.05, 4.69) is 55.4 Å². The van der Waals surface area contributed by atoms with E-state index in [0.29, 0.717) is 5.75 Å². The average molecular weight is 728 g/mol. The van der Waals surface area contributed by atoms with Gasteiger partial charge in [-0.3, -0.25) is 14.4 Å². The van der Waals surface area contributed by atoms with Gasteiger partial charge >= 0.3 is 23.1 Å². The molecule has 50 heavy (non-hydrogen) atoms. The minimum atomic E-state index is -3.22. The molecule has 6 atom stereocenters. The molecule has 1 saturated carbocycles. The summed E-state index contributed by atoms with van der Waals surface area (Å²) in [7, 11) is -4.82. The van der Waals surface area contributed by atoms with Crippen LogP contribution in [0.3, 0.4) is 0 Å². The Kier molecular flexibility index (Phi) is 10.2. The van der Waals surface area contributed by atoms with Crippen LogP contribution in [0.15, 0.2) is 54.6 Å². The lowest BCUT2D eigenvalue weighted by Crippen LogP contribution is -2.81. The van der Waals surface area contributed by atoms with E-state index in [1.54, 1.807) is 31.4 Å². The highest BCUT2D eigenvalue weighted by molar-refractivity contribution is 6.84. The van der Waals surface area contributed by atoms with Crippen molar-refractivity contribution in [3.05, 3.63) is 65.7 Å². The summed E-state index contributed by atoms with van der Waals surface area (Å²) in [5.74, 6) is -0.0130. The fraction of sp³-hybridized carbons (Fsp3) is 0.622. The van der Waals surface area contributed by atoms with Crippen LogP contribution >= 0.6 is 0 Å². The van der Waals surface area contributed by atoms with Crippen molar-refractivity contribution in [2.24, 2.45) is 0 Å². The molecule has 3 heterocycles.